The van der Waals surface area contributed by atoms with Crippen molar-refractivity contribution >= 4 is 17.5 Å². The predicted octanol–water partition coefficient (Wildman–Crippen LogP) is 3.69. The first kappa shape index (κ1) is 22.5. The number of nitrogens with one attached hydrogen (secondary N) is 1. The van der Waals surface area contributed by atoms with E-state index in [0.717, 1.165) is 42.9 Å². The minimum absolute atomic E-state index is 0.0284. The average Bonchev–Trinajstić information content (AvgIpc) is 3.24. The Balaban J connectivity index is 1.23. The van der Waals surface area contributed by atoms with Crippen molar-refractivity contribution in [2.75, 3.05) is 32.7 Å². The average molecular weight is 454 g/mol. The number of aryl methyl sites for hydroxylation is 1. The summed E-state index contributed by atoms with van der Waals surface area (Å²) in [7, 11) is 0. The zero-order chi connectivity index (χ0) is 22.5. The third kappa shape index (κ3) is 5.73. The number of piperazine rings is 1. The molecule has 2 aromatic carbocycles. The van der Waals surface area contributed by atoms with Gasteiger partial charge in [-0.3, -0.25) is 14.6 Å². The van der Waals surface area contributed by atoms with E-state index in [1.54, 1.807) is 0 Å². The SMILES string of the molecule is Cc1ccccc1-c1noc(CN2CCN(CC(=O)NC(C)c3ccc(Cl)cc3)CC2)n1. The molecule has 4 rings (SSSR count). The van der Waals surface area contributed by atoms with Crippen LogP contribution in [0.1, 0.15) is 30.0 Å². The summed E-state index contributed by atoms with van der Waals surface area (Å²) in [5.41, 5.74) is 3.15. The Labute approximate surface area is 193 Å². The molecule has 8 heteroatoms. The van der Waals surface area contributed by atoms with Gasteiger partial charge < -0.3 is 9.84 Å². The lowest BCUT2D eigenvalue weighted by Gasteiger charge is -2.33. The van der Waals surface area contributed by atoms with Gasteiger partial charge in [0.25, 0.3) is 0 Å². The molecule has 32 heavy (non-hydrogen) atoms. The maximum absolute atomic E-state index is 12.5. The normalized spacial score (nSPS) is 16.1. The molecule has 0 aliphatic carbocycles. The van der Waals surface area contributed by atoms with Crippen LogP contribution in [0.5, 0.6) is 0 Å². The van der Waals surface area contributed by atoms with Gasteiger partial charge in [0.2, 0.25) is 17.6 Å². The van der Waals surface area contributed by atoms with Crippen molar-refractivity contribution in [1.29, 1.82) is 0 Å². The van der Waals surface area contributed by atoms with Crippen LogP contribution in [0.4, 0.5) is 0 Å². The van der Waals surface area contributed by atoms with Crippen molar-refractivity contribution in [2.24, 2.45) is 0 Å². The number of benzene rings is 2. The first-order valence-corrected chi connectivity index (χ1v) is 11.2. The van der Waals surface area contributed by atoms with E-state index in [0.29, 0.717) is 29.8 Å². The van der Waals surface area contributed by atoms with Crippen LogP contribution < -0.4 is 5.32 Å². The maximum atomic E-state index is 12.5. The summed E-state index contributed by atoms with van der Waals surface area (Å²) in [5, 5.41) is 7.90. The number of rotatable bonds is 7. The third-order valence-corrected chi connectivity index (χ3v) is 6.04. The highest BCUT2D eigenvalue weighted by molar-refractivity contribution is 6.30. The molecule has 168 valence electrons. The number of nitrogens with zero attached hydrogens (tertiary/aromatic N) is 4. The van der Waals surface area contributed by atoms with E-state index in [9.17, 15) is 4.79 Å². The fourth-order valence-corrected chi connectivity index (χ4v) is 4.00. The van der Waals surface area contributed by atoms with Crippen LogP contribution in [-0.2, 0) is 11.3 Å². The highest BCUT2D eigenvalue weighted by Gasteiger charge is 2.22. The molecule has 1 fully saturated rings. The monoisotopic (exact) mass is 453 g/mol. The standard InChI is InChI=1S/C24H28ClN5O2/c1-17-5-3-4-6-21(17)24-27-23(32-28-24)16-30-13-11-29(12-14-30)15-22(31)26-18(2)19-7-9-20(25)10-8-19/h3-10,18H,11-16H2,1-2H3,(H,26,31). The second kappa shape index (κ2) is 10.3. The van der Waals surface area contributed by atoms with Gasteiger partial charge >= 0.3 is 0 Å². The summed E-state index contributed by atoms with van der Waals surface area (Å²) >= 11 is 5.94. The van der Waals surface area contributed by atoms with Crippen LogP contribution >= 0.6 is 11.6 Å². The Kier molecular flexibility index (Phi) is 7.19. The Morgan fingerprint density at radius 3 is 2.50 bits per heavy atom. The highest BCUT2D eigenvalue weighted by atomic mass is 35.5. The topological polar surface area (TPSA) is 74.5 Å². The molecule has 1 unspecified atom stereocenters. The molecular weight excluding hydrogens is 426 g/mol. The highest BCUT2D eigenvalue weighted by Crippen LogP contribution is 2.20. The number of aromatic nitrogens is 2. The van der Waals surface area contributed by atoms with Gasteiger partial charge in [-0.25, -0.2) is 0 Å². The minimum Gasteiger partial charge on any atom is -0.348 e. The summed E-state index contributed by atoms with van der Waals surface area (Å²) in [6, 6.07) is 15.5. The number of carbonyl (C=O) groups is 1. The minimum atomic E-state index is -0.0546. The van der Waals surface area contributed by atoms with E-state index in [-0.39, 0.29) is 11.9 Å². The first-order valence-electron chi connectivity index (χ1n) is 10.9. The van der Waals surface area contributed by atoms with E-state index in [1.165, 1.54) is 0 Å². The van der Waals surface area contributed by atoms with Crippen LogP contribution in [0.2, 0.25) is 5.02 Å². The van der Waals surface area contributed by atoms with Crippen molar-refractivity contribution < 1.29 is 9.32 Å². The number of halogens is 1. The molecule has 1 N–H and O–H groups in total. The van der Waals surface area contributed by atoms with Gasteiger partial charge in [0.1, 0.15) is 0 Å². The van der Waals surface area contributed by atoms with E-state index in [4.69, 9.17) is 16.1 Å². The maximum Gasteiger partial charge on any atom is 0.241 e. The van der Waals surface area contributed by atoms with Gasteiger partial charge in [-0.05, 0) is 37.1 Å². The van der Waals surface area contributed by atoms with Crippen molar-refractivity contribution in [3.63, 3.8) is 0 Å². The fraction of sp³-hybridized carbons (Fsp3) is 0.375. The van der Waals surface area contributed by atoms with Crippen LogP contribution in [0.25, 0.3) is 11.4 Å². The van der Waals surface area contributed by atoms with Gasteiger partial charge in [-0.2, -0.15) is 4.98 Å². The number of carbonyl (C=O) groups excluding carboxylic acids is 1. The molecule has 1 aliphatic heterocycles. The second-order valence-corrected chi connectivity index (χ2v) is 8.66. The van der Waals surface area contributed by atoms with Gasteiger partial charge in [-0.1, -0.05) is 53.2 Å². The molecule has 1 saturated heterocycles. The molecule has 0 saturated carbocycles. The zero-order valence-electron chi connectivity index (χ0n) is 18.4. The number of hydrogen-bond acceptors (Lipinski definition) is 6. The van der Waals surface area contributed by atoms with E-state index in [2.05, 4.69) is 25.3 Å². The predicted molar refractivity (Wildman–Crippen MR) is 124 cm³/mol. The summed E-state index contributed by atoms with van der Waals surface area (Å²) in [4.78, 5) is 21.5. The van der Waals surface area contributed by atoms with Crippen LogP contribution in [0, 0.1) is 6.92 Å². The Bertz CT molecular complexity index is 1040. The Hall–Kier alpha value is -2.74. The van der Waals surface area contributed by atoms with Gasteiger partial charge in [0.05, 0.1) is 19.1 Å². The molecule has 1 aliphatic rings. The van der Waals surface area contributed by atoms with Crippen molar-refractivity contribution in [1.82, 2.24) is 25.3 Å². The summed E-state index contributed by atoms with van der Waals surface area (Å²) in [6.07, 6.45) is 0. The van der Waals surface area contributed by atoms with Crippen LogP contribution in [0.3, 0.4) is 0 Å². The first-order chi connectivity index (χ1) is 15.5. The molecule has 1 amide bonds. The Morgan fingerprint density at radius 2 is 1.78 bits per heavy atom. The molecule has 7 nitrogen and oxygen atoms in total. The zero-order valence-corrected chi connectivity index (χ0v) is 19.2. The molecule has 0 bridgehead atoms. The van der Waals surface area contributed by atoms with E-state index in [1.807, 2.05) is 62.4 Å². The molecule has 2 heterocycles. The quantitative estimate of drug-likeness (QED) is 0.588. The van der Waals surface area contributed by atoms with Crippen LogP contribution in [0.15, 0.2) is 53.1 Å². The molecule has 0 radical (unpaired) electrons. The smallest absolute Gasteiger partial charge is 0.241 e. The third-order valence-electron chi connectivity index (χ3n) is 5.79. The number of hydrogen-bond donors (Lipinski definition) is 1. The second-order valence-electron chi connectivity index (χ2n) is 8.22. The lowest BCUT2D eigenvalue weighted by molar-refractivity contribution is -0.123. The Morgan fingerprint density at radius 1 is 1.09 bits per heavy atom. The lowest BCUT2D eigenvalue weighted by atomic mass is 10.1. The van der Waals surface area contributed by atoms with E-state index < -0.39 is 0 Å². The van der Waals surface area contributed by atoms with Crippen LogP contribution in [-0.4, -0.2) is 58.6 Å². The summed E-state index contributed by atoms with van der Waals surface area (Å²) < 4.78 is 5.47. The molecule has 1 aromatic heterocycles. The summed E-state index contributed by atoms with van der Waals surface area (Å²) in [5.74, 6) is 1.27. The molecule has 0 spiro atoms. The molecule has 1 atom stereocenters. The van der Waals surface area contributed by atoms with Gasteiger partial charge in [0.15, 0.2) is 0 Å². The van der Waals surface area contributed by atoms with Crippen molar-refractivity contribution in [2.45, 2.75) is 26.4 Å². The van der Waals surface area contributed by atoms with Crippen molar-refractivity contribution in [3.8, 4) is 11.4 Å². The fourth-order valence-electron chi connectivity index (χ4n) is 3.87. The molecule has 3 aromatic rings. The summed E-state index contributed by atoms with van der Waals surface area (Å²) in [6.45, 7) is 8.37. The largest absolute Gasteiger partial charge is 0.348 e. The van der Waals surface area contributed by atoms with Gasteiger partial charge in [0, 0.05) is 36.8 Å². The lowest BCUT2D eigenvalue weighted by Crippen LogP contribution is -2.49. The van der Waals surface area contributed by atoms with Crippen molar-refractivity contribution in [3.05, 3.63) is 70.6 Å². The number of amides is 1. The van der Waals surface area contributed by atoms with E-state index >= 15 is 0 Å². The van der Waals surface area contributed by atoms with Gasteiger partial charge in [-0.15, -0.1) is 0 Å². The molecular formula is C24H28ClN5O2.